The lowest BCUT2D eigenvalue weighted by molar-refractivity contribution is 0.659. The van der Waals surface area contributed by atoms with E-state index >= 15 is 0 Å². The van der Waals surface area contributed by atoms with Gasteiger partial charge in [-0.1, -0.05) is 62.4 Å². The highest BCUT2D eigenvalue weighted by Gasteiger charge is 2.36. The van der Waals surface area contributed by atoms with Crippen molar-refractivity contribution in [3.8, 4) is 22.5 Å². The van der Waals surface area contributed by atoms with E-state index in [-0.39, 0.29) is 5.41 Å². The van der Waals surface area contributed by atoms with E-state index in [0.717, 1.165) is 22.7 Å². The van der Waals surface area contributed by atoms with Crippen LogP contribution in [0.25, 0.3) is 66.4 Å². The summed E-state index contributed by atoms with van der Waals surface area (Å²) < 4.78 is 4.61. The summed E-state index contributed by atoms with van der Waals surface area (Å²) in [6, 6.07) is 39.4. The van der Waals surface area contributed by atoms with Gasteiger partial charge in [0.05, 0.1) is 11.0 Å². The molecule has 4 nitrogen and oxygen atoms in total. The summed E-state index contributed by atoms with van der Waals surface area (Å²) in [4.78, 5) is 9.62. The zero-order chi connectivity index (χ0) is 27.3. The summed E-state index contributed by atoms with van der Waals surface area (Å²) in [7, 11) is 0. The van der Waals surface area contributed by atoms with E-state index in [0.29, 0.717) is 0 Å². The molecule has 4 heterocycles. The first-order valence-corrected chi connectivity index (χ1v) is 14.1. The van der Waals surface area contributed by atoms with Crippen LogP contribution in [0.15, 0.2) is 122 Å². The number of aromatic nitrogens is 4. The summed E-state index contributed by atoms with van der Waals surface area (Å²) in [5.41, 5.74) is 11.7. The van der Waals surface area contributed by atoms with Crippen LogP contribution in [0.2, 0.25) is 0 Å². The molecule has 0 saturated carbocycles. The molecule has 0 unspecified atom stereocenters. The molecular weight excluding hydrogens is 500 g/mol. The summed E-state index contributed by atoms with van der Waals surface area (Å²) >= 11 is 0. The number of pyridine rings is 2. The lowest BCUT2D eigenvalue weighted by Crippen LogP contribution is -2.16. The van der Waals surface area contributed by atoms with Gasteiger partial charge in [0.1, 0.15) is 11.3 Å². The molecule has 0 saturated heterocycles. The van der Waals surface area contributed by atoms with Gasteiger partial charge >= 0.3 is 0 Å². The summed E-state index contributed by atoms with van der Waals surface area (Å²) in [6.45, 7) is 4.69. The third-order valence-electron chi connectivity index (χ3n) is 9.03. The molecule has 1 aliphatic carbocycles. The third kappa shape index (κ3) is 2.94. The SMILES string of the molecule is CC1(C)c2cc(-n3c4ccccc4c4cccnc43)ccc2-c2ccc(-n3c4ccccc4c4cccnc43)cc21. The minimum atomic E-state index is -0.172. The van der Waals surface area contributed by atoms with Crippen LogP contribution >= 0.6 is 0 Å². The first-order valence-electron chi connectivity index (χ1n) is 14.1. The Balaban J connectivity index is 1.24. The highest BCUT2D eigenvalue weighted by atomic mass is 15.1. The van der Waals surface area contributed by atoms with Gasteiger partial charge in [-0.2, -0.15) is 0 Å². The van der Waals surface area contributed by atoms with Crippen molar-refractivity contribution in [2.24, 2.45) is 0 Å². The van der Waals surface area contributed by atoms with Gasteiger partial charge in [-0.3, -0.25) is 9.13 Å². The van der Waals surface area contributed by atoms with Crippen molar-refractivity contribution in [1.29, 1.82) is 0 Å². The van der Waals surface area contributed by atoms with Gasteiger partial charge in [0, 0.05) is 50.7 Å². The number of hydrogen-bond donors (Lipinski definition) is 0. The normalized spacial score (nSPS) is 13.8. The van der Waals surface area contributed by atoms with Gasteiger partial charge < -0.3 is 0 Å². The van der Waals surface area contributed by atoms with Crippen molar-refractivity contribution in [3.05, 3.63) is 133 Å². The van der Waals surface area contributed by atoms with E-state index in [2.05, 4.69) is 120 Å². The average molecular weight is 527 g/mol. The first-order chi connectivity index (χ1) is 20.1. The molecule has 0 amide bonds. The predicted molar refractivity (Wildman–Crippen MR) is 168 cm³/mol. The second kappa shape index (κ2) is 7.92. The second-order valence-corrected chi connectivity index (χ2v) is 11.5. The Bertz CT molecular complexity index is 2080. The van der Waals surface area contributed by atoms with E-state index in [1.165, 1.54) is 54.8 Å². The van der Waals surface area contributed by atoms with Gasteiger partial charge in [0.25, 0.3) is 0 Å². The molecule has 4 heteroatoms. The van der Waals surface area contributed by atoms with E-state index < -0.39 is 0 Å². The molecule has 0 N–H and O–H groups in total. The fourth-order valence-electron chi connectivity index (χ4n) is 7.11. The van der Waals surface area contributed by atoms with E-state index in [1.54, 1.807) is 0 Å². The molecule has 4 aromatic heterocycles. The van der Waals surface area contributed by atoms with Crippen LogP contribution in [-0.2, 0) is 5.41 Å². The molecule has 4 aromatic carbocycles. The standard InChI is InChI=1S/C37H26N4/c1-37(2)31-21-23(40-33-13-5-3-9-27(33)29-11-7-19-38-35(29)40)15-17-25(31)26-18-16-24(22-32(26)37)41-34-14-6-4-10-28(34)30-12-8-20-39-36(30)41/h3-22H,1-2H3. The van der Waals surface area contributed by atoms with Crippen molar-refractivity contribution >= 4 is 43.9 Å². The molecule has 8 aromatic rings. The summed E-state index contributed by atoms with van der Waals surface area (Å²) in [6.07, 6.45) is 3.77. The van der Waals surface area contributed by atoms with Crippen molar-refractivity contribution in [3.63, 3.8) is 0 Å². The number of fused-ring (bicyclic) bond motifs is 9. The maximum Gasteiger partial charge on any atom is 0.145 e. The minimum Gasteiger partial charge on any atom is -0.294 e. The predicted octanol–water partition coefficient (Wildman–Crippen LogP) is 8.98. The summed E-state index contributed by atoms with van der Waals surface area (Å²) in [5.74, 6) is 0. The van der Waals surface area contributed by atoms with Crippen LogP contribution < -0.4 is 0 Å². The van der Waals surface area contributed by atoms with Gasteiger partial charge in [-0.05, 0) is 82.9 Å². The molecule has 0 spiro atoms. The Morgan fingerprint density at radius 2 is 0.927 bits per heavy atom. The molecule has 0 radical (unpaired) electrons. The van der Waals surface area contributed by atoms with Crippen LogP contribution in [-0.4, -0.2) is 19.1 Å². The number of nitrogens with zero attached hydrogens (tertiary/aromatic N) is 4. The van der Waals surface area contributed by atoms with Crippen LogP contribution in [0.3, 0.4) is 0 Å². The largest absolute Gasteiger partial charge is 0.294 e. The summed E-state index contributed by atoms with van der Waals surface area (Å²) in [5, 5.41) is 4.80. The lowest BCUT2D eigenvalue weighted by Gasteiger charge is -2.23. The Hall–Kier alpha value is -5.22. The molecule has 41 heavy (non-hydrogen) atoms. The molecule has 194 valence electrons. The van der Waals surface area contributed by atoms with Gasteiger partial charge in [-0.15, -0.1) is 0 Å². The Morgan fingerprint density at radius 1 is 0.488 bits per heavy atom. The van der Waals surface area contributed by atoms with Gasteiger partial charge in [0.2, 0.25) is 0 Å². The zero-order valence-electron chi connectivity index (χ0n) is 22.8. The fourth-order valence-corrected chi connectivity index (χ4v) is 7.11. The van der Waals surface area contributed by atoms with Crippen LogP contribution in [0.5, 0.6) is 0 Å². The van der Waals surface area contributed by atoms with Crippen molar-refractivity contribution in [2.45, 2.75) is 19.3 Å². The van der Waals surface area contributed by atoms with Crippen molar-refractivity contribution in [1.82, 2.24) is 19.1 Å². The zero-order valence-corrected chi connectivity index (χ0v) is 22.8. The quantitative estimate of drug-likeness (QED) is 0.225. The van der Waals surface area contributed by atoms with Crippen LogP contribution in [0.1, 0.15) is 25.0 Å². The second-order valence-electron chi connectivity index (χ2n) is 11.5. The maximum atomic E-state index is 4.81. The molecule has 0 aliphatic heterocycles. The average Bonchev–Trinajstić information content (AvgIpc) is 3.61. The Labute approximate surface area is 237 Å². The van der Waals surface area contributed by atoms with Crippen LogP contribution in [0, 0.1) is 0 Å². The van der Waals surface area contributed by atoms with E-state index in [9.17, 15) is 0 Å². The first kappa shape index (κ1) is 22.6. The monoisotopic (exact) mass is 526 g/mol. The molecule has 0 fully saturated rings. The maximum absolute atomic E-state index is 4.81. The number of para-hydroxylation sites is 2. The topological polar surface area (TPSA) is 35.6 Å². The molecule has 9 rings (SSSR count). The van der Waals surface area contributed by atoms with Crippen molar-refractivity contribution in [2.75, 3.05) is 0 Å². The fraction of sp³-hybridized carbons (Fsp3) is 0.0811. The molecule has 0 bridgehead atoms. The highest BCUT2D eigenvalue weighted by molar-refractivity contribution is 6.09. The third-order valence-corrected chi connectivity index (χ3v) is 9.03. The number of hydrogen-bond acceptors (Lipinski definition) is 2. The van der Waals surface area contributed by atoms with Crippen LogP contribution in [0.4, 0.5) is 0 Å². The van der Waals surface area contributed by atoms with E-state index in [4.69, 9.17) is 9.97 Å². The van der Waals surface area contributed by atoms with Crippen molar-refractivity contribution < 1.29 is 0 Å². The molecular formula is C37H26N4. The highest BCUT2D eigenvalue weighted by Crippen LogP contribution is 2.50. The Kier molecular flexibility index (Phi) is 4.36. The van der Waals surface area contributed by atoms with E-state index in [1.807, 2.05) is 24.5 Å². The smallest absolute Gasteiger partial charge is 0.145 e. The number of rotatable bonds is 2. The van der Waals surface area contributed by atoms with Gasteiger partial charge in [0.15, 0.2) is 0 Å². The Morgan fingerprint density at radius 3 is 1.41 bits per heavy atom. The lowest BCUT2D eigenvalue weighted by atomic mass is 9.82. The molecule has 0 atom stereocenters. The van der Waals surface area contributed by atoms with Gasteiger partial charge in [-0.25, -0.2) is 9.97 Å². The molecule has 1 aliphatic rings. The number of benzene rings is 4. The minimum absolute atomic E-state index is 0.172.